The summed E-state index contributed by atoms with van der Waals surface area (Å²) in [6.07, 6.45) is 2.42. The number of methoxy groups -OCH3 is 1. The Bertz CT molecular complexity index is 1370. The molecule has 8 nitrogen and oxygen atoms in total. The van der Waals surface area contributed by atoms with Crippen molar-refractivity contribution in [1.29, 1.82) is 0 Å². The van der Waals surface area contributed by atoms with E-state index in [0.29, 0.717) is 34.9 Å². The van der Waals surface area contributed by atoms with E-state index < -0.39 is 15.7 Å². The molecule has 2 aromatic carbocycles. The lowest BCUT2D eigenvalue weighted by Gasteiger charge is -2.16. The van der Waals surface area contributed by atoms with Crippen LogP contribution in [0, 0.1) is 5.82 Å². The number of hydrogen-bond donors (Lipinski definition) is 1. The lowest BCUT2D eigenvalue weighted by atomic mass is 10.2. The molecule has 172 valence electrons. The second-order valence-corrected chi connectivity index (χ2v) is 9.52. The van der Waals surface area contributed by atoms with Gasteiger partial charge in [0.2, 0.25) is 0 Å². The van der Waals surface area contributed by atoms with Gasteiger partial charge in [-0.15, -0.1) is 0 Å². The molecule has 1 atom stereocenters. The van der Waals surface area contributed by atoms with Crippen LogP contribution in [0.2, 0.25) is 0 Å². The highest BCUT2D eigenvalue weighted by Gasteiger charge is 2.15. The van der Waals surface area contributed by atoms with Crippen molar-refractivity contribution in [3.8, 4) is 28.6 Å². The number of imidazole rings is 1. The van der Waals surface area contributed by atoms with Crippen LogP contribution in [-0.4, -0.2) is 49.4 Å². The van der Waals surface area contributed by atoms with Gasteiger partial charge in [0.1, 0.15) is 28.9 Å². The maximum Gasteiger partial charge on any atom is 0.175 e. The summed E-state index contributed by atoms with van der Waals surface area (Å²) in [5, 5.41) is 0. The highest BCUT2D eigenvalue weighted by Crippen LogP contribution is 2.34. The third-order valence-corrected chi connectivity index (χ3v) is 5.82. The summed E-state index contributed by atoms with van der Waals surface area (Å²) in [5.41, 5.74) is 1.95. The summed E-state index contributed by atoms with van der Waals surface area (Å²) in [6.45, 7) is 2.22. The molecule has 33 heavy (non-hydrogen) atoms. The standard InChI is InChI=1S/C23H22FN3O5S/c1-14(13-30-2)31-16-9-15(22-26-20-5-4-8-25-23(20)27-22)10-17(11-16)32-21-7-6-18(12-19(21)24)33(3,28)29/h4-12,14H,13H2,1-3H3,(H,25,26,27)/t14-/m0/s1. The van der Waals surface area contributed by atoms with Gasteiger partial charge >= 0.3 is 0 Å². The van der Waals surface area contributed by atoms with Gasteiger partial charge in [-0.1, -0.05) is 0 Å². The predicted molar refractivity (Wildman–Crippen MR) is 121 cm³/mol. The lowest BCUT2D eigenvalue weighted by molar-refractivity contribution is 0.0920. The monoisotopic (exact) mass is 471 g/mol. The van der Waals surface area contributed by atoms with Crippen LogP contribution >= 0.6 is 0 Å². The van der Waals surface area contributed by atoms with Gasteiger partial charge in [0.25, 0.3) is 0 Å². The highest BCUT2D eigenvalue weighted by atomic mass is 32.2. The number of pyridine rings is 1. The average Bonchev–Trinajstić information content (AvgIpc) is 3.19. The predicted octanol–water partition coefficient (Wildman–Crippen LogP) is 4.37. The quantitative estimate of drug-likeness (QED) is 0.407. The van der Waals surface area contributed by atoms with Crippen LogP contribution in [0.4, 0.5) is 4.39 Å². The van der Waals surface area contributed by atoms with Gasteiger partial charge in [0, 0.05) is 31.2 Å². The Morgan fingerprint density at radius 3 is 2.61 bits per heavy atom. The minimum absolute atomic E-state index is 0.123. The Hall–Kier alpha value is -3.50. The zero-order chi connectivity index (χ0) is 23.6. The van der Waals surface area contributed by atoms with Gasteiger partial charge in [0.15, 0.2) is 27.1 Å². The molecule has 2 heterocycles. The molecule has 0 unspecified atom stereocenters. The number of aromatic amines is 1. The van der Waals surface area contributed by atoms with Crippen LogP contribution in [-0.2, 0) is 14.6 Å². The van der Waals surface area contributed by atoms with Crippen LogP contribution < -0.4 is 9.47 Å². The zero-order valence-electron chi connectivity index (χ0n) is 18.2. The number of nitrogens with one attached hydrogen (secondary N) is 1. The van der Waals surface area contributed by atoms with Crippen molar-refractivity contribution < 1.29 is 27.0 Å². The fraction of sp³-hybridized carbons (Fsp3) is 0.217. The highest BCUT2D eigenvalue weighted by molar-refractivity contribution is 7.90. The fourth-order valence-electron chi connectivity index (χ4n) is 3.24. The minimum atomic E-state index is -3.54. The van der Waals surface area contributed by atoms with Gasteiger partial charge in [-0.25, -0.2) is 22.8 Å². The van der Waals surface area contributed by atoms with Crippen molar-refractivity contribution in [2.45, 2.75) is 17.9 Å². The first kappa shape index (κ1) is 22.7. The number of fused-ring (bicyclic) bond motifs is 1. The molecule has 0 fully saturated rings. The molecule has 0 spiro atoms. The maximum absolute atomic E-state index is 14.6. The smallest absolute Gasteiger partial charge is 0.175 e. The van der Waals surface area contributed by atoms with Crippen molar-refractivity contribution >= 4 is 21.0 Å². The van der Waals surface area contributed by atoms with E-state index in [0.717, 1.165) is 12.3 Å². The molecule has 2 aromatic heterocycles. The molecule has 0 saturated carbocycles. The largest absolute Gasteiger partial charge is 0.488 e. The number of nitrogens with zero attached hydrogens (tertiary/aromatic N) is 2. The molecule has 0 saturated heterocycles. The number of hydrogen-bond acceptors (Lipinski definition) is 7. The molecular formula is C23H22FN3O5S. The lowest BCUT2D eigenvalue weighted by Crippen LogP contribution is -2.17. The number of halogens is 1. The average molecular weight is 472 g/mol. The zero-order valence-corrected chi connectivity index (χ0v) is 19.0. The van der Waals surface area contributed by atoms with Crippen molar-refractivity contribution in [2.24, 2.45) is 0 Å². The molecule has 10 heteroatoms. The summed E-state index contributed by atoms with van der Waals surface area (Å²) >= 11 is 0. The van der Waals surface area contributed by atoms with Gasteiger partial charge in [-0.2, -0.15) is 0 Å². The van der Waals surface area contributed by atoms with Gasteiger partial charge in [0.05, 0.1) is 11.5 Å². The number of benzene rings is 2. The number of H-pyrrole nitrogens is 1. The van der Waals surface area contributed by atoms with E-state index in [4.69, 9.17) is 14.2 Å². The van der Waals surface area contributed by atoms with Crippen molar-refractivity contribution in [3.63, 3.8) is 0 Å². The molecular weight excluding hydrogens is 449 g/mol. The minimum Gasteiger partial charge on any atom is -0.488 e. The molecule has 0 aliphatic carbocycles. The SMILES string of the molecule is COC[C@H](C)Oc1cc(Oc2ccc(S(C)(=O)=O)cc2F)cc(-c2nc3cccnc3[nH]2)c1. The van der Waals surface area contributed by atoms with Crippen LogP contribution in [0.5, 0.6) is 17.2 Å². The summed E-state index contributed by atoms with van der Waals surface area (Å²) in [4.78, 5) is 11.8. The fourth-order valence-corrected chi connectivity index (χ4v) is 3.87. The first-order valence-electron chi connectivity index (χ1n) is 10.0. The second kappa shape index (κ2) is 9.16. The molecule has 4 aromatic rings. The molecule has 4 rings (SSSR count). The van der Waals surface area contributed by atoms with Crippen LogP contribution in [0.1, 0.15) is 6.92 Å². The van der Waals surface area contributed by atoms with Crippen LogP contribution in [0.3, 0.4) is 0 Å². The molecule has 0 amide bonds. The topological polar surface area (TPSA) is 103 Å². The summed E-state index contributed by atoms with van der Waals surface area (Å²) < 4.78 is 54.8. The van der Waals surface area contributed by atoms with Crippen molar-refractivity contribution in [2.75, 3.05) is 20.0 Å². The number of ether oxygens (including phenoxy) is 3. The van der Waals surface area contributed by atoms with Gasteiger partial charge in [-0.05, 0) is 49.4 Å². The van der Waals surface area contributed by atoms with Crippen LogP contribution in [0.25, 0.3) is 22.6 Å². The molecule has 0 aliphatic heterocycles. The van der Waals surface area contributed by atoms with E-state index in [1.54, 1.807) is 37.6 Å². The summed E-state index contributed by atoms with van der Waals surface area (Å²) in [7, 11) is -1.96. The molecule has 1 N–H and O–H groups in total. The van der Waals surface area contributed by atoms with E-state index in [1.165, 1.54) is 12.1 Å². The van der Waals surface area contributed by atoms with E-state index in [1.807, 2.05) is 13.0 Å². The number of aromatic nitrogens is 3. The van der Waals surface area contributed by atoms with E-state index in [-0.39, 0.29) is 22.5 Å². The van der Waals surface area contributed by atoms with E-state index in [2.05, 4.69) is 15.0 Å². The maximum atomic E-state index is 14.6. The molecule has 0 bridgehead atoms. The van der Waals surface area contributed by atoms with Crippen molar-refractivity contribution in [3.05, 3.63) is 60.5 Å². The second-order valence-electron chi connectivity index (χ2n) is 7.50. The Labute approximate surface area is 190 Å². The molecule has 0 aliphatic rings. The van der Waals surface area contributed by atoms with Gasteiger partial charge in [-0.3, -0.25) is 0 Å². The normalized spacial score (nSPS) is 12.6. The van der Waals surface area contributed by atoms with Gasteiger partial charge < -0.3 is 19.2 Å². The van der Waals surface area contributed by atoms with E-state index >= 15 is 0 Å². The Balaban J connectivity index is 1.73. The Kier molecular flexibility index (Phi) is 6.30. The third-order valence-electron chi connectivity index (χ3n) is 4.71. The first-order valence-corrected chi connectivity index (χ1v) is 11.9. The Morgan fingerprint density at radius 1 is 1.12 bits per heavy atom. The number of rotatable bonds is 8. The molecule has 0 radical (unpaired) electrons. The van der Waals surface area contributed by atoms with Crippen molar-refractivity contribution in [1.82, 2.24) is 15.0 Å². The first-order chi connectivity index (χ1) is 15.7. The Morgan fingerprint density at radius 2 is 1.91 bits per heavy atom. The number of sulfone groups is 1. The summed E-state index contributed by atoms with van der Waals surface area (Å²) in [6, 6.07) is 12.2. The summed E-state index contributed by atoms with van der Waals surface area (Å²) in [5.74, 6) is 0.361. The van der Waals surface area contributed by atoms with E-state index in [9.17, 15) is 12.8 Å². The van der Waals surface area contributed by atoms with Crippen LogP contribution in [0.15, 0.2) is 59.6 Å². The third kappa shape index (κ3) is 5.29.